The molecule has 0 aliphatic heterocycles. The van der Waals surface area contributed by atoms with Crippen LogP contribution in [-0.4, -0.2) is 24.2 Å². The van der Waals surface area contributed by atoms with Gasteiger partial charge < -0.3 is 10.1 Å². The fourth-order valence-electron chi connectivity index (χ4n) is 1.95. The van der Waals surface area contributed by atoms with Crippen LogP contribution in [0.2, 0.25) is 0 Å². The number of hydrogen-bond donors (Lipinski definition) is 1. The Morgan fingerprint density at radius 1 is 1.09 bits per heavy atom. The van der Waals surface area contributed by atoms with Gasteiger partial charge in [0.15, 0.2) is 0 Å². The van der Waals surface area contributed by atoms with E-state index >= 15 is 0 Å². The number of thioether (sulfide) groups is 1. The van der Waals surface area contributed by atoms with Gasteiger partial charge in [-0.05, 0) is 38.1 Å². The van der Waals surface area contributed by atoms with E-state index in [0.717, 1.165) is 16.1 Å². The van der Waals surface area contributed by atoms with Crippen molar-refractivity contribution >= 4 is 29.3 Å². The minimum atomic E-state index is -0.366. The van der Waals surface area contributed by atoms with Gasteiger partial charge in [-0.3, -0.25) is 4.79 Å². The highest BCUT2D eigenvalue weighted by Crippen LogP contribution is 2.23. The molecule has 1 N–H and O–H groups in total. The molecule has 2 aromatic rings. The second-order valence-corrected chi connectivity index (χ2v) is 5.94. The molecular weight excluding hydrogens is 310 g/mol. The Labute approximate surface area is 140 Å². The standard InChI is InChI=1S/C18H19NO3S/c1-3-22-18(21)15-6-4-5-7-16(15)23-12-17(20)19-14-10-8-13(2)9-11-14/h4-11H,3,12H2,1-2H3,(H,19,20). The highest BCUT2D eigenvalue weighted by Gasteiger charge is 2.13. The number of carbonyl (C=O) groups is 2. The summed E-state index contributed by atoms with van der Waals surface area (Å²) in [6.07, 6.45) is 0. The van der Waals surface area contributed by atoms with Crippen LogP contribution < -0.4 is 5.32 Å². The third kappa shape index (κ3) is 5.14. The van der Waals surface area contributed by atoms with Crippen molar-refractivity contribution in [2.45, 2.75) is 18.7 Å². The third-order valence-electron chi connectivity index (χ3n) is 3.08. The highest BCUT2D eigenvalue weighted by molar-refractivity contribution is 8.00. The smallest absolute Gasteiger partial charge is 0.339 e. The van der Waals surface area contributed by atoms with Gasteiger partial charge in [-0.25, -0.2) is 4.79 Å². The van der Waals surface area contributed by atoms with E-state index in [2.05, 4.69) is 5.32 Å². The molecule has 0 atom stereocenters. The summed E-state index contributed by atoms with van der Waals surface area (Å²) in [4.78, 5) is 24.7. The number of benzene rings is 2. The van der Waals surface area contributed by atoms with Gasteiger partial charge in [0, 0.05) is 10.6 Å². The number of amides is 1. The normalized spacial score (nSPS) is 10.2. The van der Waals surface area contributed by atoms with E-state index in [1.54, 1.807) is 19.1 Å². The molecule has 0 radical (unpaired) electrons. The number of aryl methyl sites for hydroxylation is 1. The van der Waals surface area contributed by atoms with Gasteiger partial charge in [0.2, 0.25) is 5.91 Å². The zero-order valence-electron chi connectivity index (χ0n) is 13.2. The van der Waals surface area contributed by atoms with Crippen LogP contribution in [0.15, 0.2) is 53.4 Å². The summed E-state index contributed by atoms with van der Waals surface area (Å²) in [6.45, 7) is 4.09. The molecule has 2 rings (SSSR count). The maximum absolute atomic E-state index is 12.0. The molecule has 0 saturated heterocycles. The SMILES string of the molecule is CCOC(=O)c1ccccc1SCC(=O)Nc1ccc(C)cc1. The zero-order valence-corrected chi connectivity index (χ0v) is 14.0. The number of carbonyl (C=O) groups excluding carboxylic acids is 2. The van der Waals surface area contributed by atoms with Crippen LogP contribution >= 0.6 is 11.8 Å². The van der Waals surface area contributed by atoms with Crippen molar-refractivity contribution < 1.29 is 14.3 Å². The Balaban J connectivity index is 1.96. The summed E-state index contributed by atoms with van der Waals surface area (Å²) >= 11 is 1.32. The first-order chi connectivity index (χ1) is 11.1. The van der Waals surface area contributed by atoms with E-state index in [-0.39, 0.29) is 17.6 Å². The third-order valence-corrected chi connectivity index (χ3v) is 4.15. The Kier molecular flexibility index (Phi) is 6.23. The molecule has 5 heteroatoms. The molecule has 4 nitrogen and oxygen atoms in total. The van der Waals surface area contributed by atoms with Gasteiger partial charge in [0.25, 0.3) is 0 Å². The Bertz CT molecular complexity index is 683. The van der Waals surface area contributed by atoms with Crippen LogP contribution in [0.25, 0.3) is 0 Å². The molecule has 2 aromatic carbocycles. The predicted octanol–water partition coefficient (Wildman–Crippen LogP) is 3.90. The van der Waals surface area contributed by atoms with Crippen molar-refractivity contribution in [1.82, 2.24) is 0 Å². The molecule has 0 aliphatic rings. The van der Waals surface area contributed by atoms with Gasteiger partial charge in [0.1, 0.15) is 0 Å². The number of hydrogen-bond acceptors (Lipinski definition) is 4. The Morgan fingerprint density at radius 2 is 1.78 bits per heavy atom. The molecule has 23 heavy (non-hydrogen) atoms. The van der Waals surface area contributed by atoms with Crippen LogP contribution in [0.5, 0.6) is 0 Å². The van der Waals surface area contributed by atoms with Crippen molar-refractivity contribution in [2.75, 3.05) is 17.7 Å². The maximum Gasteiger partial charge on any atom is 0.339 e. The van der Waals surface area contributed by atoms with Crippen LogP contribution in [0.1, 0.15) is 22.8 Å². The number of rotatable bonds is 6. The van der Waals surface area contributed by atoms with Gasteiger partial charge >= 0.3 is 5.97 Å². The summed E-state index contributed by atoms with van der Waals surface area (Å²) < 4.78 is 5.03. The van der Waals surface area contributed by atoms with Crippen molar-refractivity contribution in [3.8, 4) is 0 Å². The molecule has 0 bridgehead atoms. The van der Waals surface area contributed by atoms with Crippen molar-refractivity contribution in [3.63, 3.8) is 0 Å². The maximum atomic E-state index is 12.0. The van der Waals surface area contributed by atoms with Gasteiger partial charge in [-0.2, -0.15) is 0 Å². The Hall–Kier alpha value is -2.27. The highest BCUT2D eigenvalue weighted by atomic mass is 32.2. The van der Waals surface area contributed by atoms with Crippen molar-refractivity contribution in [1.29, 1.82) is 0 Å². The van der Waals surface area contributed by atoms with Crippen LogP contribution in [0.3, 0.4) is 0 Å². The second-order valence-electron chi connectivity index (χ2n) is 4.92. The first kappa shape index (κ1) is 17.1. The molecular formula is C18H19NO3S. The van der Waals surface area contributed by atoms with E-state index in [1.807, 2.05) is 43.3 Å². The molecule has 0 spiro atoms. The van der Waals surface area contributed by atoms with E-state index < -0.39 is 0 Å². The second kappa shape index (κ2) is 8.39. The molecule has 1 amide bonds. The topological polar surface area (TPSA) is 55.4 Å². The molecule has 0 aliphatic carbocycles. The zero-order chi connectivity index (χ0) is 16.7. The fraction of sp³-hybridized carbons (Fsp3) is 0.222. The average Bonchev–Trinajstić information content (AvgIpc) is 2.55. The van der Waals surface area contributed by atoms with Crippen molar-refractivity contribution in [3.05, 3.63) is 59.7 Å². The Morgan fingerprint density at radius 3 is 2.48 bits per heavy atom. The number of ether oxygens (including phenoxy) is 1. The molecule has 0 saturated carbocycles. The average molecular weight is 329 g/mol. The minimum Gasteiger partial charge on any atom is -0.462 e. The summed E-state index contributed by atoms with van der Waals surface area (Å²) in [5.41, 5.74) is 2.39. The monoisotopic (exact) mass is 329 g/mol. The summed E-state index contributed by atoms with van der Waals surface area (Å²) in [6, 6.07) is 14.8. The predicted molar refractivity (Wildman–Crippen MR) is 92.9 cm³/mol. The van der Waals surface area contributed by atoms with Crippen LogP contribution in [0.4, 0.5) is 5.69 Å². The lowest BCUT2D eigenvalue weighted by molar-refractivity contribution is -0.113. The van der Waals surface area contributed by atoms with E-state index in [1.165, 1.54) is 11.8 Å². The lowest BCUT2D eigenvalue weighted by Gasteiger charge is -2.09. The van der Waals surface area contributed by atoms with Gasteiger partial charge in [-0.15, -0.1) is 11.8 Å². The molecule has 120 valence electrons. The first-order valence-corrected chi connectivity index (χ1v) is 8.34. The van der Waals surface area contributed by atoms with Gasteiger partial charge in [-0.1, -0.05) is 29.8 Å². The summed E-state index contributed by atoms with van der Waals surface area (Å²) in [5.74, 6) is -0.253. The molecule has 0 fully saturated rings. The lowest BCUT2D eigenvalue weighted by Crippen LogP contribution is -2.14. The summed E-state index contributed by atoms with van der Waals surface area (Å²) in [7, 11) is 0. The van der Waals surface area contributed by atoms with E-state index in [4.69, 9.17) is 4.74 Å². The molecule has 0 aromatic heterocycles. The number of nitrogens with one attached hydrogen (secondary N) is 1. The van der Waals surface area contributed by atoms with Crippen molar-refractivity contribution in [2.24, 2.45) is 0 Å². The fourth-order valence-corrected chi connectivity index (χ4v) is 2.79. The van der Waals surface area contributed by atoms with E-state index in [0.29, 0.717) is 12.2 Å². The van der Waals surface area contributed by atoms with Crippen LogP contribution in [-0.2, 0) is 9.53 Å². The minimum absolute atomic E-state index is 0.113. The molecule has 0 heterocycles. The first-order valence-electron chi connectivity index (χ1n) is 7.35. The van der Waals surface area contributed by atoms with E-state index in [9.17, 15) is 9.59 Å². The number of anilines is 1. The summed E-state index contributed by atoms with van der Waals surface area (Å²) in [5, 5.41) is 2.84. The molecule has 0 unspecified atom stereocenters. The lowest BCUT2D eigenvalue weighted by atomic mass is 10.2. The quantitative estimate of drug-likeness (QED) is 0.645. The number of esters is 1. The van der Waals surface area contributed by atoms with Crippen LogP contribution in [0, 0.1) is 6.92 Å². The van der Waals surface area contributed by atoms with Gasteiger partial charge in [0.05, 0.1) is 17.9 Å². The largest absolute Gasteiger partial charge is 0.462 e.